The van der Waals surface area contributed by atoms with E-state index in [0.717, 1.165) is 4.57 Å². The van der Waals surface area contributed by atoms with Gasteiger partial charge in [-0.2, -0.15) is 0 Å². The summed E-state index contributed by atoms with van der Waals surface area (Å²) < 4.78 is 7.71. The zero-order valence-corrected chi connectivity index (χ0v) is 11.9. The molecule has 0 bridgehead atoms. The molecular weight excluding hydrogens is 262 g/mol. The van der Waals surface area contributed by atoms with Crippen molar-refractivity contribution in [2.75, 3.05) is 19.8 Å². The van der Waals surface area contributed by atoms with E-state index >= 15 is 0 Å². The summed E-state index contributed by atoms with van der Waals surface area (Å²) >= 11 is 0. The molecule has 7 heteroatoms. The van der Waals surface area contributed by atoms with E-state index in [-0.39, 0.29) is 11.2 Å². The fraction of sp³-hybridized carbons (Fsp3) is 0.692. The lowest BCUT2D eigenvalue weighted by atomic mass is 9.94. The maximum Gasteiger partial charge on any atom is 0.330 e. The molecule has 1 aromatic rings. The number of nitrogens with one attached hydrogen (secondary N) is 1. The Balaban J connectivity index is 2.01. The third kappa shape index (κ3) is 3.17. The van der Waals surface area contributed by atoms with E-state index in [1.807, 2.05) is 0 Å². The normalized spacial score (nSPS) is 18.1. The monoisotopic (exact) mass is 283 g/mol. The van der Waals surface area contributed by atoms with E-state index in [1.54, 1.807) is 7.05 Å². The van der Waals surface area contributed by atoms with Crippen molar-refractivity contribution in [3.8, 4) is 0 Å². The molecule has 112 valence electrons. The number of nitrogens with zero attached hydrogens (tertiary/aromatic N) is 2. The Kier molecular flexibility index (Phi) is 4.42. The highest BCUT2D eigenvalue weighted by atomic mass is 16.5. The summed E-state index contributed by atoms with van der Waals surface area (Å²) in [6.45, 7) is 1.90. The first-order valence-electron chi connectivity index (χ1n) is 6.70. The van der Waals surface area contributed by atoms with Crippen LogP contribution in [0.2, 0.25) is 0 Å². The lowest BCUT2D eigenvalue weighted by molar-refractivity contribution is -0.0617. The van der Waals surface area contributed by atoms with Crippen LogP contribution in [0.4, 0.5) is 0 Å². The zero-order chi connectivity index (χ0) is 14.8. The summed E-state index contributed by atoms with van der Waals surface area (Å²) in [6.07, 6.45) is 1.19. The molecule has 0 spiro atoms. The van der Waals surface area contributed by atoms with Gasteiger partial charge >= 0.3 is 5.69 Å². The standard InChI is InChI=1S/C13H21N3O4/c1-15-10(7-11(17)16(2)12(15)18)8-14-9-13(19)3-5-20-6-4-13/h7,14,19H,3-6,8-9H2,1-2H3. The Bertz CT molecular complexity index is 584. The van der Waals surface area contributed by atoms with Gasteiger partial charge in [0.2, 0.25) is 0 Å². The van der Waals surface area contributed by atoms with Crippen molar-refractivity contribution >= 4 is 0 Å². The Labute approximate surface area is 116 Å². The van der Waals surface area contributed by atoms with Crippen molar-refractivity contribution in [2.45, 2.75) is 25.0 Å². The van der Waals surface area contributed by atoms with Gasteiger partial charge in [-0.05, 0) is 0 Å². The largest absolute Gasteiger partial charge is 0.388 e. The van der Waals surface area contributed by atoms with E-state index in [9.17, 15) is 14.7 Å². The molecule has 20 heavy (non-hydrogen) atoms. The second-order valence-corrected chi connectivity index (χ2v) is 5.31. The van der Waals surface area contributed by atoms with E-state index in [0.29, 0.717) is 44.8 Å². The smallest absolute Gasteiger partial charge is 0.330 e. The van der Waals surface area contributed by atoms with E-state index in [1.165, 1.54) is 17.7 Å². The van der Waals surface area contributed by atoms with Gasteiger partial charge in [0.15, 0.2) is 0 Å². The fourth-order valence-electron chi connectivity index (χ4n) is 2.30. The van der Waals surface area contributed by atoms with Gasteiger partial charge in [0.25, 0.3) is 5.56 Å². The van der Waals surface area contributed by atoms with Crippen molar-refractivity contribution in [2.24, 2.45) is 14.1 Å². The van der Waals surface area contributed by atoms with Gasteiger partial charge in [0, 0.05) is 65.0 Å². The first kappa shape index (κ1) is 15.0. The zero-order valence-electron chi connectivity index (χ0n) is 11.9. The molecule has 0 amide bonds. The number of ether oxygens (including phenoxy) is 1. The van der Waals surface area contributed by atoms with Crippen molar-refractivity contribution in [3.05, 3.63) is 32.6 Å². The van der Waals surface area contributed by atoms with E-state index in [4.69, 9.17) is 4.74 Å². The summed E-state index contributed by atoms with van der Waals surface area (Å²) in [4.78, 5) is 23.4. The molecular formula is C13H21N3O4. The predicted octanol–water partition coefficient (Wildman–Crippen LogP) is -1.28. The fourth-order valence-corrected chi connectivity index (χ4v) is 2.30. The van der Waals surface area contributed by atoms with Crippen molar-refractivity contribution in [1.82, 2.24) is 14.5 Å². The molecule has 1 fully saturated rings. The number of hydrogen-bond donors (Lipinski definition) is 2. The van der Waals surface area contributed by atoms with Gasteiger partial charge in [-0.3, -0.25) is 13.9 Å². The maximum atomic E-state index is 11.8. The molecule has 0 atom stereocenters. The van der Waals surface area contributed by atoms with Crippen LogP contribution < -0.4 is 16.6 Å². The summed E-state index contributed by atoms with van der Waals surface area (Å²) in [5.74, 6) is 0. The molecule has 0 unspecified atom stereocenters. The molecule has 0 aromatic carbocycles. The van der Waals surface area contributed by atoms with Crippen LogP contribution in [-0.2, 0) is 25.4 Å². The number of aromatic nitrogens is 2. The van der Waals surface area contributed by atoms with Crippen LogP contribution in [0.3, 0.4) is 0 Å². The lowest BCUT2D eigenvalue weighted by Gasteiger charge is -2.32. The lowest BCUT2D eigenvalue weighted by Crippen LogP contribution is -2.45. The van der Waals surface area contributed by atoms with Crippen LogP contribution in [0.1, 0.15) is 18.5 Å². The topological polar surface area (TPSA) is 85.5 Å². The Hall–Kier alpha value is -1.44. The quantitative estimate of drug-likeness (QED) is 0.718. The molecule has 0 aliphatic carbocycles. The van der Waals surface area contributed by atoms with Crippen LogP contribution in [-0.4, -0.2) is 39.6 Å². The van der Waals surface area contributed by atoms with Gasteiger partial charge in [0.05, 0.1) is 5.60 Å². The molecule has 0 saturated carbocycles. The molecule has 0 radical (unpaired) electrons. The molecule has 1 aliphatic rings. The second-order valence-electron chi connectivity index (χ2n) is 5.31. The van der Waals surface area contributed by atoms with Gasteiger partial charge in [-0.15, -0.1) is 0 Å². The highest BCUT2D eigenvalue weighted by Crippen LogP contribution is 2.19. The highest BCUT2D eigenvalue weighted by Gasteiger charge is 2.29. The van der Waals surface area contributed by atoms with E-state index in [2.05, 4.69) is 5.32 Å². The van der Waals surface area contributed by atoms with Gasteiger partial charge < -0.3 is 15.2 Å². The summed E-state index contributed by atoms with van der Waals surface area (Å²) in [5, 5.41) is 13.4. The highest BCUT2D eigenvalue weighted by molar-refractivity contribution is 5.02. The maximum absolute atomic E-state index is 11.8. The van der Waals surface area contributed by atoms with Crippen molar-refractivity contribution in [1.29, 1.82) is 0 Å². The first-order valence-corrected chi connectivity index (χ1v) is 6.70. The minimum atomic E-state index is -0.767. The minimum absolute atomic E-state index is 0.324. The Morgan fingerprint density at radius 3 is 2.60 bits per heavy atom. The third-order valence-corrected chi connectivity index (χ3v) is 3.81. The number of aliphatic hydroxyl groups is 1. The third-order valence-electron chi connectivity index (χ3n) is 3.81. The molecule has 1 aromatic heterocycles. The summed E-state index contributed by atoms with van der Waals surface area (Å²) in [6, 6.07) is 1.43. The van der Waals surface area contributed by atoms with Gasteiger partial charge in [-0.1, -0.05) is 0 Å². The van der Waals surface area contributed by atoms with Gasteiger partial charge in [-0.25, -0.2) is 4.79 Å². The molecule has 1 saturated heterocycles. The van der Waals surface area contributed by atoms with Crippen molar-refractivity contribution < 1.29 is 9.84 Å². The van der Waals surface area contributed by atoms with Crippen LogP contribution in [0, 0.1) is 0 Å². The predicted molar refractivity (Wildman–Crippen MR) is 73.6 cm³/mol. The van der Waals surface area contributed by atoms with Crippen LogP contribution in [0.25, 0.3) is 0 Å². The molecule has 2 rings (SSSR count). The SMILES string of the molecule is Cn1c(CNCC2(O)CCOCC2)cc(=O)n(C)c1=O. The van der Waals surface area contributed by atoms with Gasteiger partial charge in [0.1, 0.15) is 0 Å². The molecule has 2 heterocycles. The van der Waals surface area contributed by atoms with Crippen molar-refractivity contribution in [3.63, 3.8) is 0 Å². The number of hydrogen-bond acceptors (Lipinski definition) is 5. The van der Waals surface area contributed by atoms with Crippen LogP contribution in [0.5, 0.6) is 0 Å². The molecule has 2 N–H and O–H groups in total. The Morgan fingerprint density at radius 1 is 1.30 bits per heavy atom. The first-order chi connectivity index (χ1) is 9.43. The summed E-state index contributed by atoms with van der Waals surface area (Å²) in [7, 11) is 3.08. The minimum Gasteiger partial charge on any atom is -0.388 e. The Morgan fingerprint density at radius 2 is 1.95 bits per heavy atom. The molecule has 7 nitrogen and oxygen atoms in total. The van der Waals surface area contributed by atoms with E-state index < -0.39 is 5.60 Å². The average Bonchev–Trinajstić information content (AvgIpc) is 2.43. The number of rotatable bonds is 4. The second kappa shape index (κ2) is 5.90. The van der Waals surface area contributed by atoms with Crippen LogP contribution in [0.15, 0.2) is 15.7 Å². The average molecular weight is 283 g/mol. The van der Waals surface area contributed by atoms with Crippen LogP contribution >= 0.6 is 0 Å². The summed E-state index contributed by atoms with van der Waals surface area (Å²) in [5.41, 5.74) is -0.834. The molecule has 1 aliphatic heterocycles.